The van der Waals surface area contributed by atoms with E-state index in [2.05, 4.69) is 26.1 Å². The molecular weight excluding hydrogens is 345 g/mol. The maximum absolute atomic E-state index is 13.8. The fraction of sp³-hybridized carbons (Fsp3) is 0.385. The third kappa shape index (κ3) is 3.74. The smallest absolute Gasteiger partial charge is 0.208 e. The molecule has 0 N–H and O–H groups in total. The summed E-state index contributed by atoms with van der Waals surface area (Å²) in [5.41, 5.74) is 0.466. The number of methoxy groups -OCH3 is 1. The average molecular weight is 360 g/mol. The van der Waals surface area contributed by atoms with Crippen LogP contribution in [0.25, 0.3) is 10.6 Å². The predicted octanol–water partition coefficient (Wildman–Crippen LogP) is 3.58. The van der Waals surface area contributed by atoms with E-state index in [1.54, 1.807) is 19.2 Å². The normalized spacial score (nSPS) is 10.8. The van der Waals surface area contributed by atoms with Gasteiger partial charge in [-0.15, -0.1) is 10.2 Å². The molecule has 0 radical (unpaired) electrons. The summed E-state index contributed by atoms with van der Waals surface area (Å²) in [6.07, 6.45) is 0.910. The van der Waals surface area contributed by atoms with Gasteiger partial charge in [-0.3, -0.25) is 0 Å². The molecule has 108 valence electrons. The molecule has 0 spiro atoms. The summed E-state index contributed by atoms with van der Waals surface area (Å²) in [7, 11) is 3.62. The Morgan fingerprint density at radius 2 is 2.20 bits per heavy atom. The molecule has 0 bridgehead atoms. The van der Waals surface area contributed by atoms with Crippen molar-refractivity contribution in [1.82, 2.24) is 10.2 Å². The first kappa shape index (κ1) is 15.3. The van der Waals surface area contributed by atoms with Crippen LogP contribution in [0.5, 0.6) is 0 Å². The first-order valence-corrected chi connectivity index (χ1v) is 7.71. The van der Waals surface area contributed by atoms with E-state index in [1.807, 2.05) is 11.9 Å². The fourth-order valence-electron chi connectivity index (χ4n) is 1.68. The maximum Gasteiger partial charge on any atom is 0.208 e. The van der Waals surface area contributed by atoms with E-state index in [4.69, 9.17) is 4.74 Å². The first-order chi connectivity index (χ1) is 9.61. The van der Waals surface area contributed by atoms with Crippen LogP contribution in [0.3, 0.4) is 0 Å². The summed E-state index contributed by atoms with van der Waals surface area (Å²) < 4.78 is 19.6. The second-order valence-corrected chi connectivity index (χ2v) is 6.15. The Bertz CT molecular complexity index is 578. The van der Waals surface area contributed by atoms with Crippen molar-refractivity contribution in [3.05, 3.63) is 28.5 Å². The minimum atomic E-state index is -0.294. The molecule has 0 aliphatic heterocycles. The number of halogens is 2. The molecule has 1 aromatic carbocycles. The van der Waals surface area contributed by atoms with Crippen molar-refractivity contribution in [3.63, 3.8) is 0 Å². The minimum Gasteiger partial charge on any atom is -0.385 e. The first-order valence-electron chi connectivity index (χ1n) is 6.11. The van der Waals surface area contributed by atoms with Gasteiger partial charge in [-0.2, -0.15) is 0 Å². The van der Waals surface area contributed by atoms with Gasteiger partial charge in [0.1, 0.15) is 5.82 Å². The Kier molecular flexibility index (Phi) is 5.45. The standard InChI is InChI=1S/C13H15BrFN3OS/c1-18(6-3-7-19-2)13-17-16-12(20-13)10-8-9(14)4-5-11(10)15/h4-5,8H,3,6-7H2,1-2H3. The Hall–Kier alpha value is -1.05. The Labute approximate surface area is 129 Å². The van der Waals surface area contributed by atoms with E-state index in [1.165, 1.54) is 17.4 Å². The number of aromatic nitrogens is 2. The highest BCUT2D eigenvalue weighted by Gasteiger charge is 2.13. The molecule has 0 saturated heterocycles. The second-order valence-electron chi connectivity index (χ2n) is 4.28. The van der Waals surface area contributed by atoms with Crippen LogP contribution < -0.4 is 4.90 Å². The molecule has 7 heteroatoms. The Balaban J connectivity index is 2.14. The molecule has 0 unspecified atom stereocenters. The van der Waals surface area contributed by atoms with Crippen molar-refractivity contribution >= 4 is 32.4 Å². The van der Waals surface area contributed by atoms with Crippen LogP contribution in [0.1, 0.15) is 6.42 Å². The summed E-state index contributed by atoms with van der Waals surface area (Å²) in [4.78, 5) is 2.00. The lowest BCUT2D eigenvalue weighted by atomic mass is 10.2. The van der Waals surface area contributed by atoms with Crippen LogP contribution in [-0.2, 0) is 4.74 Å². The van der Waals surface area contributed by atoms with Gasteiger partial charge in [0.15, 0.2) is 5.01 Å². The molecule has 0 saturated carbocycles. The molecule has 2 rings (SSSR count). The summed E-state index contributed by atoms with van der Waals surface area (Å²) in [6, 6.07) is 4.80. The molecule has 0 aliphatic carbocycles. The second kappa shape index (κ2) is 7.10. The highest BCUT2D eigenvalue weighted by Crippen LogP contribution is 2.31. The van der Waals surface area contributed by atoms with E-state index in [-0.39, 0.29) is 5.82 Å². The van der Waals surface area contributed by atoms with Crippen molar-refractivity contribution in [1.29, 1.82) is 0 Å². The number of ether oxygens (including phenoxy) is 1. The molecule has 20 heavy (non-hydrogen) atoms. The van der Waals surface area contributed by atoms with E-state index >= 15 is 0 Å². The van der Waals surface area contributed by atoms with Gasteiger partial charge >= 0.3 is 0 Å². The molecule has 1 heterocycles. The lowest BCUT2D eigenvalue weighted by Gasteiger charge is -2.13. The lowest BCUT2D eigenvalue weighted by molar-refractivity contribution is 0.196. The van der Waals surface area contributed by atoms with Gasteiger partial charge in [0.25, 0.3) is 0 Å². The fourth-order valence-corrected chi connectivity index (χ4v) is 2.89. The zero-order valence-corrected chi connectivity index (χ0v) is 13.7. The van der Waals surface area contributed by atoms with E-state index in [9.17, 15) is 4.39 Å². The summed E-state index contributed by atoms with van der Waals surface area (Å²) >= 11 is 4.71. The largest absolute Gasteiger partial charge is 0.385 e. The van der Waals surface area contributed by atoms with Crippen molar-refractivity contribution in [2.24, 2.45) is 0 Å². The van der Waals surface area contributed by atoms with E-state index < -0.39 is 0 Å². The topological polar surface area (TPSA) is 38.2 Å². The summed E-state index contributed by atoms with van der Waals surface area (Å²) in [5.74, 6) is -0.294. The van der Waals surface area contributed by atoms with Gasteiger partial charge < -0.3 is 9.64 Å². The molecule has 4 nitrogen and oxygen atoms in total. The van der Waals surface area contributed by atoms with Crippen LogP contribution in [-0.4, -0.2) is 37.5 Å². The minimum absolute atomic E-state index is 0.294. The van der Waals surface area contributed by atoms with Crippen molar-refractivity contribution < 1.29 is 9.13 Å². The Morgan fingerprint density at radius 1 is 1.40 bits per heavy atom. The lowest BCUT2D eigenvalue weighted by Crippen LogP contribution is -2.19. The van der Waals surface area contributed by atoms with E-state index in [0.29, 0.717) is 17.2 Å². The van der Waals surface area contributed by atoms with Gasteiger partial charge in [-0.1, -0.05) is 27.3 Å². The van der Waals surface area contributed by atoms with Crippen LogP contribution >= 0.6 is 27.3 Å². The third-order valence-electron chi connectivity index (χ3n) is 2.74. The predicted molar refractivity (Wildman–Crippen MR) is 82.8 cm³/mol. The van der Waals surface area contributed by atoms with Gasteiger partial charge in [0, 0.05) is 37.3 Å². The molecular formula is C13H15BrFN3OS. The van der Waals surface area contributed by atoms with Crippen LogP contribution in [0.15, 0.2) is 22.7 Å². The van der Waals surface area contributed by atoms with E-state index in [0.717, 1.165) is 22.6 Å². The van der Waals surface area contributed by atoms with Crippen LogP contribution in [0.4, 0.5) is 9.52 Å². The van der Waals surface area contributed by atoms with Crippen LogP contribution in [0, 0.1) is 5.82 Å². The molecule has 2 aromatic rings. The third-order valence-corrected chi connectivity index (χ3v) is 4.31. The highest BCUT2D eigenvalue weighted by atomic mass is 79.9. The van der Waals surface area contributed by atoms with Gasteiger partial charge in [-0.05, 0) is 24.6 Å². The highest BCUT2D eigenvalue weighted by molar-refractivity contribution is 9.10. The number of nitrogens with zero attached hydrogens (tertiary/aromatic N) is 3. The molecule has 1 aromatic heterocycles. The molecule has 0 aliphatic rings. The molecule has 0 atom stereocenters. The van der Waals surface area contributed by atoms with Gasteiger partial charge in [0.2, 0.25) is 5.13 Å². The SMILES string of the molecule is COCCCN(C)c1nnc(-c2cc(Br)ccc2F)s1. The number of anilines is 1. The van der Waals surface area contributed by atoms with Crippen molar-refractivity contribution in [2.75, 3.05) is 32.2 Å². The molecule has 0 fully saturated rings. The summed E-state index contributed by atoms with van der Waals surface area (Å²) in [6.45, 7) is 1.53. The molecule has 0 amide bonds. The van der Waals surface area contributed by atoms with Crippen molar-refractivity contribution in [3.8, 4) is 10.6 Å². The monoisotopic (exact) mass is 359 g/mol. The number of hydrogen-bond acceptors (Lipinski definition) is 5. The zero-order chi connectivity index (χ0) is 14.5. The average Bonchev–Trinajstić information content (AvgIpc) is 2.91. The van der Waals surface area contributed by atoms with Crippen LogP contribution in [0.2, 0.25) is 0 Å². The number of hydrogen-bond donors (Lipinski definition) is 0. The van der Waals surface area contributed by atoms with Gasteiger partial charge in [0.05, 0.1) is 0 Å². The Morgan fingerprint density at radius 3 is 2.95 bits per heavy atom. The quantitative estimate of drug-likeness (QED) is 0.738. The van der Waals surface area contributed by atoms with Gasteiger partial charge in [-0.25, -0.2) is 4.39 Å². The number of benzene rings is 1. The summed E-state index contributed by atoms with van der Waals surface area (Å²) in [5, 5.41) is 9.54. The maximum atomic E-state index is 13.8. The number of rotatable bonds is 6. The zero-order valence-electron chi connectivity index (χ0n) is 11.3. The van der Waals surface area contributed by atoms with Crippen molar-refractivity contribution in [2.45, 2.75) is 6.42 Å².